The van der Waals surface area contributed by atoms with E-state index in [0.717, 1.165) is 15.4 Å². The summed E-state index contributed by atoms with van der Waals surface area (Å²) in [5.74, 6) is 0.00811. The quantitative estimate of drug-likeness (QED) is 0.244. The highest BCUT2D eigenvalue weighted by Gasteiger charge is 2.33. The average molecular weight is 659 g/mol. The number of ether oxygens (including phenoxy) is 1. The normalized spacial score (nSPS) is 12.1. The lowest BCUT2D eigenvalue weighted by Crippen LogP contribution is -2.53. The number of benzene rings is 3. The monoisotopic (exact) mass is 657 g/mol. The van der Waals surface area contributed by atoms with E-state index < -0.39 is 28.5 Å². The van der Waals surface area contributed by atoms with Crippen molar-refractivity contribution in [2.45, 2.75) is 51.5 Å². The van der Waals surface area contributed by atoms with Crippen molar-refractivity contribution < 1.29 is 22.7 Å². The number of nitrogens with zero attached hydrogens (tertiary/aromatic N) is 2. The summed E-state index contributed by atoms with van der Waals surface area (Å²) in [6.07, 6.45) is 0.899. The number of carbonyl (C=O) groups excluding carboxylic acids is 2. The van der Waals surface area contributed by atoms with Crippen LogP contribution in [-0.4, -0.2) is 57.9 Å². The molecule has 1 atom stereocenters. The SMILES string of the molecule is CC[C@@H](C(=O)NCC(C)C)N(CCc1ccccc1)C(=O)CN(c1ccc(C)cc1)S(=O)(=O)c1ccc(OC)c(Br)c1. The Morgan fingerprint density at radius 1 is 1.00 bits per heavy atom. The summed E-state index contributed by atoms with van der Waals surface area (Å²) in [5.41, 5.74) is 2.31. The third kappa shape index (κ3) is 8.58. The molecule has 0 spiro atoms. The zero-order valence-electron chi connectivity index (χ0n) is 24.8. The van der Waals surface area contributed by atoms with Crippen LogP contribution in [0.5, 0.6) is 5.75 Å². The van der Waals surface area contributed by atoms with Crippen LogP contribution < -0.4 is 14.4 Å². The van der Waals surface area contributed by atoms with Crippen molar-refractivity contribution in [3.63, 3.8) is 0 Å². The number of anilines is 1. The van der Waals surface area contributed by atoms with E-state index in [2.05, 4.69) is 21.2 Å². The summed E-state index contributed by atoms with van der Waals surface area (Å²) in [4.78, 5) is 28.9. The van der Waals surface area contributed by atoms with Gasteiger partial charge in [0.05, 0.1) is 22.2 Å². The van der Waals surface area contributed by atoms with Crippen molar-refractivity contribution in [3.8, 4) is 5.75 Å². The van der Waals surface area contributed by atoms with Gasteiger partial charge in [-0.25, -0.2) is 8.42 Å². The Kier molecular flexibility index (Phi) is 12.0. The molecule has 10 heteroatoms. The maximum atomic E-state index is 14.1. The smallest absolute Gasteiger partial charge is 0.264 e. The highest BCUT2D eigenvalue weighted by Crippen LogP contribution is 2.31. The Hall–Kier alpha value is -3.37. The van der Waals surface area contributed by atoms with Gasteiger partial charge in [-0.05, 0) is 77.5 Å². The van der Waals surface area contributed by atoms with Gasteiger partial charge in [0.15, 0.2) is 0 Å². The Bertz CT molecular complexity index is 1450. The maximum absolute atomic E-state index is 14.1. The molecule has 0 aliphatic carbocycles. The number of nitrogens with one attached hydrogen (secondary N) is 1. The zero-order valence-corrected chi connectivity index (χ0v) is 27.2. The Labute approximate surface area is 258 Å². The number of methoxy groups -OCH3 is 1. The van der Waals surface area contributed by atoms with Crippen LogP contribution in [0, 0.1) is 12.8 Å². The zero-order chi connectivity index (χ0) is 30.9. The third-order valence-electron chi connectivity index (χ3n) is 6.87. The maximum Gasteiger partial charge on any atom is 0.264 e. The number of sulfonamides is 1. The first-order chi connectivity index (χ1) is 20.0. The van der Waals surface area contributed by atoms with Gasteiger partial charge in [0.25, 0.3) is 10.0 Å². The largest absolute Gasteiger partial charge is 0.496 e. The fraction of sp³-hybridized carbons (Fsp3) is 0.375. The number of halogens is 1. The second-order valence-corrected chi connectivity index (χ2v) is 13.2. The minimum Gasteiger partial charge on any atom is -0.496 e. The van der Waals surface area contributed by atoms with Crippen LogP contribution in [0.2, 0.25) is 0 Å². The highest BCUT2D eigenvalue weighted by atomic mass is 79.9. The minimum atomic E-state index is -4.18. The number of amides is 2. The lowest BCUT2D eigenvalue weighted by molar-refractivity contribution is -0.139. The second kappa shape index (κ2) is 15.2. The van der Waals surface area contributed by atoms with Gasteiger partial charge >= 0.3 is 0 Å². The van der Waals surface area contributed by atoms with E-state index in [1.165, 1.54) is 24.1 Å². The second-order valence-electron chi connectivity index (χ2n) is 10.5. The molecule has 0 heterocycles. The van der Waals surface area contributed by atoms with Crippen LogP contribution in [0.15, 0.2) is 82.2 Å². The standard InChI is InChI=1S/C32H40BrN3O5S/c1-6-29(32(38)34-21-23(2)3)35(19-18-25-10-8-7-9-11-25)31(37)22-36(26-14-12-24(4)13-15-26)42(39,40)27-16-17-30(41-5)28(33)20-27/h7-17,20,23,29H,6,18-19,21-22H2,1-5H3,(H,34,38)/t29-/m0/s1. The van der Waals surface area contributed by atoms with Crippen LogP contribution in [0.1, 0.15) is 38.3 Å². The van der Waals surface area contributed by atoms with E-state index in [-0.39, 0.29) is 23.3 Å². The average Bonchev–Trinajstić information content (AvgIpc) is 2.97. The van der Waals surface area contributed by atoms with Crippen LogP contribution in [0.3, 0.4) is 0 Å². The van der Waals surface area contributed by atoms with E-state index >= 15 is 0 Å². The molecular formula is C32H40BrN3O5S. The first-order valence-electron chi connectivity index (χ1n) is 14.0. The summed E-state index contributed by atoms with van der Waals surface area (Å²) < 4.78 is 35.0. The first kappa shape index (κ1) is 33.1. The molecule has 226 valence electrons. The molecule has 3 aromatic rings. The lowest BCUT2D eigenvalue weighted by Gasteiger charge is -2.33. The Morgan fingerprint density at radius 3 is 2.24 bits per heavy atom. The third-order valence-corrected chi connectivity index (χ3v) is 9.26. The molecule has 0 radical (unpaired) electrons. The van der Waals surface area contributed by atoms with Crippen LogP contribution in [0.4, 0.5) is 5.69 Å². The molecule has 42 heavy (non-hydrogen) atoms. The van der Waals surface area contributed by atoms with Gasteiger partial charge in [0.2, 0.25) is 11.8 Å². The molecule has 0 saturated carbocycles. The van der Waals surface area contributed by atoms with Crippen molar-refractivity contribution in [1.29, 1.82) is 0 Å². The van der Waals surface area contributed by atoms with Gasteiger partial charge < -0.3 is 15.0 Å². The van der Waals surface area contributed by atoms with E-state index in [9.17, 15) is 18.0 Å². The molecule has 1 N–H and O–H groups in total. The number of hydrogen-bond acceptors (Lipinski definition) is 5. The van der Waals surface area contributed by atoms with E-state index in [4.69, 9.17) is 4.74 Å². The molecule has 3 aromatic carbocycles. The molecular weight excluding hydrogens is 618 g/mol. The molecule has 0 fully saturated rings. The Morgan fingerprint density at radius 2 is 1.67 bits per heavy atom. The van der Waals surface area contributed by atoms with Gasteiger partial charge in [-0.15, -0.1) is 0 Å². The summed E-state index contributed by atoms with van der Waals surface area (Å²) in [6.45, 7) is 8.02. The summed E-state index contributed by atoms with van der Waals surface area (Å²) in [6, 6.07) is 20.4. The Balaban J connectivity index is 2.02. The van der Waals surface area contributed by atoms with E-state index in [1.807, 2.05) is 58.0 Å². The van der Waals surface area contributed by atoms with Gasteiger partial charge in [0.1, 0.15) is 18.3 Å². The molecule has 0 aliphatic rings. The van der Waals surface area contributed by atoms with Gasteiger partial charge in [-0.1, -0.05) is 68.8 Å². The van der Waals surface area contributed by atoms with E-state index in [0.29, 0.717) is 35.3 Å². The van der Waals surface area contributed by atoms with Crippen molar-refractivity contribution >= 4 is 43.5 Å². The molecule has 0 aliphatic heterocycles. The van der Waals surface area contributed by atoms with Crippen molar-refractivity contribution in [3.05, 3.63) is 88.4 Å². The molecule has 8 nitrogen and oxygen atoms in total. The number of hydrogen-bond donors (Lipinski definition) is 1. The van der Waals surface area contributed by atoms with Crippen LogP contribution in [0.25, 0.3) is 0 Å². The number of rotatable bonds is 14. The van der Waals surface area contributed by atoms with Crippen LogP contribution in [-0.2, 0) is 26.0 Å². The number of carbonyl (C=O) groups is 2. The van der Waals surface area contributed by atoms with Gasteiger partial charge in [-0.2, -0.15) is 0 Å². The lowest BCUT2D eigenvalue weighted by atomic mass is 10.1. The van der Waals surface area contributed by atoms with Crippen molar-refractivity contribution in [2.24, 2.45) is 5.92 Å². The predicted molar refractivity (Wildman–Crippen MR) is 170 cm³/mol. The summed E-state index contributed by atoms with van der Waals surface area (Å²) in [7, 11) is -2.69. The fourth-order valence-electron chi connectivity index (χ4n) is 4.49. The molecule has 2 amide bonds. The highest BCUT2D eigenvalue weighted by molar-refractivity contribution is 9.10. The first-order valence-corrected chi connectivity index (χ1v) is 16.2. The summed E-state index contributed by atoms with van der Waals surface area (Å²) >= 11 is 3.37. The van der Waals surface area contributed by atoms with Crippen LogP contribution >= 0.6 is 15.9 Å². The fourth-order valence-corrected chi connectivity index (χ4v) is 6.63. The van der Waals surface area contributed by atoms with Crippen molar-refractivity contribution in [2.75, 3.05) is 31.0 Å². The molecule has 0 saturated heterocycles. The summed E-state index contributed by atoms with van der Waals surface area (Å²) in [5, 5.41) is 2.95. The predicted octanol–water partition coefficient (Wildman–Crippen LogP) is 5.58. The molecule has 3 rings (SSSR count). The molecule has 0 unspecified atom stereocenters. The topological polar surface area (TPSA) is 96.0 Å². The van der Waals surface area contributed by atoms with Gasteiger partial charge in [-0.3, -0.25) is 13.9 Å². The minimum absolute atomic E-state index is 0.00102. The number of aryl methyl sites for hydroxylation is 1. The molecule has 0 aromatic heterocycles. The van der Waals surface area contributed by atoms with Crippen molar-refractivity contribution in [1.82, 2.24) is 10.2 Å². The molecule has 0 bridgehead atoms. The van der Waals surface area contributed by atoms with Gasteiger partial charge in [0, 0.05) is 13.1 Å². The van der Waals surface area contributed by atoms with E-state index in [1.54, 1.807) is 30.3 Å².